The van der Waals surface area contributed by atoms with E-state index in [4.69, 9.17) is 0 Å². The second kappa shape index (κ2) is 7.25. The lowest BCUT2D eigenvalue weighted by Gasteiger charge is -2.20. The normalized spacial score (nSPS) is 20.1. The Hall–Kier alpha value is -1.73. The summed E-state index contributed by atoms with van der Waals surface area (Å²) in [7, 11) is -3.54. The van der Waals surface area contributed by atoms with E-state index in [-0.39, 0.29) is 36.7 Å². The van der Waals surface area contributed by atoms with E-state index >= 15 is 0 Å². The molecule has 2 aromatic rings. The quantitative estimate of drug-likeness (QED) is 0.738. The van der Waals surface area contributed by atoms with Gasteiger partial charge in [-0.25, -0.2) is 12.8 Å². The number of amides is 1. The molecule has 1 aliphatic heterocycles. The van der Waals surface area contributed by atoms with Crippen molar-refractivity contribution in [1.82, 2.24) is 4.90 Å². The molecular weight excluding hydrogens is 409 g/mol. The van der Waals surface area contributed by atoms with Crippen LogP contribution in [0.1, 0.15) is 27.6 Å². The van der Waals surface area contributed by atoms with E-state index in [0.717, 1.165) is 4.47 Å². The van der Waals surface area contributed by atoms with Crippen LogP contribution in [0.15, 0.2) is 53.0 Å². The molecule has 0 bridgehead atoms. The zero-order valence-electron chi connectivity index (χ0n) is 13.4. The van der Waals surface area contributed by atoms with E-state index in [2.05, 4.69) is 15.9 Å². The van der Waals surface area contributed by atoms with E-state index in [1.54, 1.807) is 24.3 Å². The summed E-state index contributed by atoms with van der Waals surface area (Å²) < 4.78 is 40.0. The highest BCUT2D eigenvalue weighted by Crippen LogP contribution is 2.31. The summed E-state index contributed by atoms with van der Waals surface area (Å²) in [6.07, 6.45) is 0.184. The maximum Gasteiger partial charge on any atom is 0.253 e. The van der Waals surface area contributed by atoms with Crippen molar-refractivity contribution in [1.29, 1.82) is 0 Å². The van der Waals surface area contributed by atoms with Crippen LogP contribution in [0, 0.1) is 5.82 Å². The van der Waals surface area contributed by atoms with Gasteiger partial charge in [-0.3, -0.25) is 4.79 Å². The average Bonchev–Trinajstić information content (AvgIpc) is 2.73. The van der Waals surface area contributed by atoms with Crippen molar-refractivity contribution in [3.8, 4) is 0 Å². The van der Waals surface area contributed by atoms with Crippen LogP contribution in [0.3, 0.4) is 0 Å². The Morgan fingerprint density at radius 1 is 1.12 bits per heavy atom. The van der Waals surface area contributed by atoms with Gasteiger partial charge in [-0.05, 0) is 30.7 Å². The first-order valence-electron chi connectivity index (χ1n) is 7.89. The van der Waals surface area contributed by atoms with E-state index in [1.165, 1.54) is 23.1 Å². The number of halogens is 2. The molecule has 1 aliphatic rings. The minimum atomic E-state index is -3.54. The molecule has 1 saturated heterocycles. The lowest BCUT2D eigenvalue weighted by Crippen LogP contribution is -2.33. The van der Waals surface area contributed by atoms with E-state index in [0.29, 0.717) is 5.56 Å². The highest BCUT2D eigenvalue weighted by molar-refractivity contribution is 9.10. The van der Waals surface area contributed by atoms with Crippen LogP contribution in [0.4, 0.5) is 4.39 Å². The van der Waals surface area contributed by atoms with Crippen molar-refractivity contribution in [3.63, 3.8) is 0 Å². The van der Waals surface area contributed by atoms with E-state index in [9.17, 15) is 17.6 Å². The number of carbonyl (C=O) groups excluding carboxylic acids is 1. The molecule has 0 aromatic heterocycles. The molecule has 1 fully saturated rings. The number of nitrogens with zero attached hydrogens (tertiary/aromatic N) is 1. The summed E-state index contributed by atoms with van der Waals surface area (Å²) in [4.78, 5) is 14.2. The Morgan fingerprint density at radius 2 is 1.88 bits per heavy atom. The fraction of sp³-hybridized carbons (Fsp3) is 0.278. The van der Waals surface area contributed by atoms with Crippen LogP contribution in [0.2, 0.25) is 0 Å². The van der Waals surface area contributed by atoms with Crippen molar-refractivity contribution in [2.24, 2.45) is 0 Å². The van der Waals surface area contributed by atoms with Crippen molar-refractivity contribution in [2.45, 2.75) is 11.7 Å². The van der Waals surface area contributed by atoms with Crippen LogP contribution >= 0.6 is 15.9 Å². The first-order chi connectivity index (χ1) is 11.9. The van der Waals surface area contributed by atoms with Crippen LogP contribution in [-0.4, -0.2) is 38.1 Å². The lowest BCUT2D eigenvalue weighted by molar-refractivity contribution is 0.0766. The fourth-order valence-corrected chi connectivity index (χ4v) is 5.24. The first-order valence-corrected chi connectivity index (χ1v) is 10.4. The number of hydrogen-bond donors (Lipinski definition) is 0. The summed E-state index contributed by atoms with van der Waals surface area (Å²) in [5, 5.41) is -0.922. The summed E-state index contributed by atoms with van der Waals surface area (Å²) >= 11 is 3.33. The molecule has 0 aliphatic carbocycles. The van der Waals surface area contributed by atoms with Crippen molar-refractivity contribution in [3.05, 3.63) is 69.9 Å². The Bertz CT molecular complexity index is 901. The highest BCUT2D eigenvalue weighted by atomic mass is 79.9. The molecule has 0 unspecified atom stereocenters. The third-order valence-corrected chi connectivity index (χ3v) is 6.95. The minimum absolute atomic E-state index is 0.110. The third-order valence-electron chi connectivity index (χ3n) is 4.35. The largest absolute Gasteiger partial charge is 0.338 e. The van der Waals surface area contributed by atoms with E-state index in [1.807, 2.05) is 6.07 Å². The van der Waals surface area contributed by atoms with Gasteiger partial charge >= 0.3 is 0 Å². The Labute approximate surface area is 154 Å². The molecule has 7 heteroatoms. The molecule has 1 heterocycles. The van der Waals surface area contributed by atoms with Gasteiger partial charge in [0.15, 0.2) is 9.84 Å². The number of benzene rings is 2. The van der Waals surface area contributed by atoms with Crippen LogP contribution < -0.4 is 0 Å². The summed E-state index contributed by atoms with van der Waals surface area (Å²) in [5.41, 5.74) is 0.676. The maximum atomic E-state index is 14.1. The Morgan fingerprint density at radius 3 is 2.60 bits per heavy atom. The van der Waals surface area contributed by atoms with Crippen LogP contribution in [0.5, 0.6) is 0 Å². The number of carbonyl (C=O) groups is 1. The molecule has 0 saturated carbocycles. The van der Waals surface area contributed by atoms with Gasteiger partial charge in [-0.15, -0.1) is 0 Å². The van der Waals surface area contributed by atoms with Crippen molar-refractivity contribution in [2.75, 3.05) is 18.8 Å². The van der Waals surface area contributed by atoms with Crippen LogP contribution in [0.25, 0.3) is 0 Å². The molecule has 3 rings (SSSR count). The molecule has 0 N–H and O–H groups in total. The summed E-state index contributed by atoms with van der Waals surface area (Å²) in [6, 6.07) is 12.9. The van der Waals surface area contributed by atoms with E-state index < -0.39 is 20.9 Å². The number of sulfone groups is 1. The zero-order valence-corrected chi connectivity index (χ0v) is 15.8. The van der Waals surface area contributed by atoms with Gasteiger partial charge in [0.05, 0.1) is 11.0 Å². The SMILES string of the molecule is O=C(c1cccc(Br)c1)N1CC[C@H](c2ccccc2F)S(=O)(=O)CC1. The summed E-state index contributed by atoms with van der Waals surface area (Å²) in [5.74, 6) is -0.917. The zero-order chi connectivity index (χ0) is 18.0. The predicted molar refractivity (Wildman–Crippen MR) is 97.6 cm³/mol. The average molecular weight is 426 g/mol. The minimum Gasteiger partial charge on any atom is -0.338 e. The molecule has 2 aromatic carbocycles. The van der Waals surface area contributed by atoms with Gasteiger partial charge in [-0.2, -0.15) is 0 Å². The second-order valence-electron chi connectivity index (χ2n) is 5.97. The fourth-order valence-electron chi connectivity index (χ4n) is 3.04. The van der Waals surface area contributed by atoms with Gasteiger partial charge < -0.3 is 4.90 Å². The lowest BCUT2D eigenvalue weighted by atomic mass is 10.1. The highest BCUT2D eigenvalue weighted by Gasteiger charge is 2.34. The van der Waals surface area contributed by atoms with Crippen LogP contribution in [-0.2, 0) is 9.84 Å². The van der Waals surface area contributed by atoms with Gasteiger partial charge in [0, 0.05) is 28.7 Å². The molecule has 1 amide bonds. The van der Waals surface area contributed by atoms with Gasteiger partial charge in [0.1, 0.15) is 5.82 Å². The number of rotatable bonds is 2. The first kappa shape index (κ1) is 18.1. The molecule has 25 heavy (non-hydrogen) atoms. The summed E-state index contributed by atoms with van der Waals surface area (Å²) in [6.45, 7) is 0.377. The standard InChI is InChI=1S/C18H17BrFNO3S/c19-14-5-3-4-13(12-14)18(22)21-9-8-17(25(23,24)11-10-21)15-6-1-2-7-16(15)20/h1-7,12,17H,8-11H2/t17-/m1/s1. The molecule has 1 atom stereocenters. The predicted octanol–water partition coefficient (Wildman–Crippen LogP) is 3.59. The Balaban J connectivity index is 1.85. The molecule has 0 spiro atoms. The van der Waals surface area contributed by atoms with Crippen molar-refractivity contribution >= 4 is 31.7 Å². The number of hydrogen-bond acceptors (Lipinski definition) is 3. The van der Waals surface area contributed by atoms with Gasteiger partial charge in [0.25, 0.3) is 5.91 Å². The maximum absolute atomic E-state index is 14.1. The van der Waals surface area contributed by atoms with Gasteiger partial charge in [-0.1, -0.05) is 40.2 Å². The van der Waals surface area contributed by atoms with Gasteiger partial charge in [0.2, 0.25) is 0 Å². The van der Waals surface area contributed by atoms with Crippen molar-refractivity contribution < 1.29 is 17.6 Å². The second-order valence-corrected chi connectivity index (χ2v) is 9.19. The molecular formula is C18H17BrFNO3S. The molecule has 132 valence electrons. The monoisotopic (exact) mass is 425 g/mol. The Kier molecular flexibility index (Phi) is 5.24. The smallest absolute Gasteiger partial charge is 0.253 e. The third kappa shape index (κ3) is 3.93. The molecule has 4 nitrogen and oxygen atoms in total. The molecule has 0 radical (unpaired) electrons. The topological polar surface area (TPSA) is 54.5 Å².